The van der Waals surface area contributed by atoms with Gasteiger partial charge in [0, 0.05) is 28.8 Å². The number of methoxy groups -OCH3 is 1. The summed E-state index contributed by atoms with van der Waals surface area (Å²) >= 11 is 1.97. The third-order valence-corrected chi connectivity index (χ3v) is 2.87. The number of halogens is 1. The van der Waals surface area contributed by atoms with E-state index in [1.165, 1.54) is 0 Å². The Morgan fingerprint density at radius 1 is 1.38 bits per heavy atom. The molecule has 2 rings (SSSR count). The SMILES string of the molecule is COc1cc(I)[n+]([O-])c(-c2ccccn2)c1. The van der Waals surface area contributed by atoms with E-state index >= 15 is 0 Å². The molecule has 16 heavy (non-hydrogen) atoms. The summed E-state index contributed by atoms with van der Waals surface area (Å²) in [7, 11) is 1.57. The molecule has 0 aliphatic heterocycles. The Bertz CT molecular complexity index is 503. The molecular weight excluding hydrogens is 319 g/mol. The van der Waals surface area contributed by atoms with Gasteiger partial charge in [-0.15, -0.1) is 0 Å². The Morgan fingerprint density at radius 2 is 2.19 bits per heavy atom. The van der Waals surface area contributed by atoms with Gasteiger partial charge in [-0.25, -0.2) is 4.98 Å². The molecule has 0 unspecified atom stereocenters. The van der Waals surface area contributed by atoms with Gasteiger partial charge in [0.25, 0.3) is 3.70 Å². The molecule has 0 amide bonds. The van der Waals surface area contributed by atoms with Gasteiger partial charge in [-0.05, 0) is 12.1 Å². The van der Waals surface area contributed by atoms with Crippen LogP contribution >= 0.6 is 22.6 Å². The molecule has 0 saturated carbocycles. The van der Waals surface area contributed by atoms with Crippen molar-refractivity contribution in [3.8, 4) is 17.1 Å². The van der Waals surface area contributed by atoms with Crippen LogP contribution in [0.5, 0.6) is 5.75 Å². The quantitative estimate of drug-likeness (QED) is 0.367. The molecule has 2 heterocycles. The van der Waals surface area contributed by atoms with E-state index in [2.05, 4.69) is 4.98 Å². The van der Waals surface area contributed by atoms with E-state index in [4.69, 9.17) is 4.74 Å². The van der Waals surface area contributed by atoms with E-state index in [9.17, 15) is 5.21 Å². The van der Waals surface area contributed by atoms with Crippen molar-refractivity contribution in [2.45, 2.75) is 0 Å². The highest BCUT2D eigenvalue weighted by atomic mass is 127. The van der Waals surface area contributed by atoms with Crippen LogP contribution in [0.4, 0.5) is 0 Å². The third kappa shape index (κ3) is 2.08. The lowest BCUT2D eigenvalue weighted by atomic mass is 10.2. The van der Waals surface area contributed by atoms with E-state index in [1.807, 2.05) is 34.7 Å². The maximum atomic E-state index is 11.9. The number of nitrogens with zero attached hydrogens (tertiary/aromatic N) is 2. The molecule has 0 fully saturated rings. The van der Waals surface area contributed by atoms with Crippen molar-refractivity contribution in [3.63, 3.8) is 0 Å². The number of hydrogen-bond donors (Lipinski definition) is 0. The fourth-order valence-corrected chi connectivity index (χ4v) is 1.90. The zero-order chi connectivity index (χ0) is 11.5. The molecule has 0 aliphatic carbocycles. The second-order valence-corrected chi connectivity index (χ2v) is 4.22. The van der Waals surface area contributed by atoms with Crippen molar-refractivity contribution in [1.29, 1.82) is 0 Å². The van der Waals surface area contributed by atoms with Crippen molar-refractivity contribution in [1.82, 2.24) is 4.98 Å². The Kier molecular flexibility index (Phi) is 3.23. The summed E-state index contributed by atoms with van der Waals surface area (Å²) in [6.07, 6.45) is 1.65. The van der Waals surface area contributed by atoms with Crippen molar-refractivity contribution < 1.29 is 9.47 Å². The summed E-state index contributed by atoms with van der Waals surface area (Å²) in [6.45, 7) is 0. The molecule has 0 bridgehead atoms. The molecule has 0 spiro atoms. The van der Waals surface area contributed by atoms with Gasteiger partial charge >= 0.3 is 0 Å². The molecule has 4 nitrogen and oxygen atoms in total. The highest BCUT2D eigenvalue weighted by Gasteiger charge is 2.15. The van der Waals surface area contributed by atoms with Gasteiger partial charge in [0.15, 0.2) is 0 Å². The molecule has 2 aromatic rings. The molecule has 2 aromatic heterocycles. The molecule has 0 aromatic carbocycles. The van der Waals surface area contributed by atoms with E-state index < -0.39 is 0 Å². The van der Waals surface area contributed by atoms with Crippen LogP contribution in [0.25, 0.3) is 11.4 Å². The van der Waals surface area contributed by atoms with Crippen LogP contribution in [-0.4, -0.2) is 12.1 Å². The summed E-state index contributed by atoms with van der Waals surface area (Å²) in [6, 6.07) is 8.80. The van der Waals surface area contributed by atoms with Gasteiger partial charge in [0.05, 0.1) is 19.2 Å². The normalized spacial score (nSPS) is 10.1. The number of hydrogen-bond acceptors (Lipinski definition) is 3. The third-order valence-electron chi connectivity index (χ3n) is 2.12. The Morgan fingerprint density at radius 3 is 2.81 bits per heavy atom. The van der Waals surface area contributed by atoms with Gasteiger partial charge in [-0.3, -0.25) is 0 Å². The molecule has 0 radical (unpaired) electrons. The molecule has 0 saturated heterocycles. The first-order valence-electron chi connectivity index (χ1n) is 4.61. The summed E-state index contributed by atoms with van der Waals surface area (Å²) in [5.74, 6) is 0.650. The van der Waals surface area contributed by atoms with E-state index in [1.54, 1.807) is 31.5 Å². The first-order chi connectivity index (χ1) is 7.72. The molecular formula is C11H9IN2O2. The average molecular weight is 328 g/mol. The molecule has 0 aliphatic rings. The smallest absolute Gasteiger partial charge is 0.256 e. The number of rotatable bonds is 2. The Labute approximate surface area is 107 Å². The fourth-order valence-electron chi connectivity index (χ4n) is 1.34. The van der Waals surface area contributed by atoms with Crippen molar-refractivity contribution >= 4 is 22.6 Å². The molecule has 0 atom stereocenters. The number of aromatic nitrogens is 2. The zero-order valence-electron chi connectivity index (χ0n) is 8.55. The maximum Gasteiger partial charge on any atom is 0.256 e. The highest BCUT2D eigenvalue weighted by Crippen LogP contribution is 2.20. The van der Waals surface area contributed by atoms with Gasteiger partial charge in [0.2, 0.25) is 5.69 Å². The summed E-state index contributed by atoms with van der Waals surface area (Å²) in [5, 5.41) is 11.9. The van der Waals surface area contributed by atoms with Gasteiger partial charge in [-0.2, -0.15) is 4.73 Å². The molecule has 82 valence electrons. The van der Waals surface area contributed by atoms with Crippen LogP contribution in [-0.2, 0) is 0 Å². The topological polar surface area (TPSA) is 49.1 Å². The van der Waals surface area contributed by atoms with E-state index in [-0.39, 0.29) is 0 Å². The van der Waals surface area contributed by atoms with E-state index in [0.717, 1.165) is 4.73 Å². The van der Waals surface area contributed by atoms with Crippen molar-refractivity contribution in [2.24, 2.45) is 0 Å². The summed E-state index contributed by atoms with van der Waals surface area (Å²) in [5.41, 5.74) is 1.12. The monoisotopic (exact) mass is 328 g/mol. The molecule has 5 heteroatoms. The lowest BCUT2D eigenvalue weighted by Gasteiger charge is -2.07. The van der Waals surface area contributed by atoms with Gasteiger partial charge in [0.1, 0.15) is 11.4 Å². The lowest BCUT2D eigenvalue weighted by molar-refractivity contribution is -0.607. The minimum absolute atomic E-state index is 0.490. The minimum Gasteiger partial charge on any atom is -0.617 e. The standard InChI is InChI=1S/C11H9IN2O2/c1-16-8-6-10(14(15)11(12)7-8)9-4-2-3-5-13-9/h2-7H,1H3. The first kappa shape index (κ1) is 11.1. The zero-order valence-corrected chi connectivity index (χ0v) is 10.7. The minimum atomic E-state index is 0.490. The van der Waals surface area contributed by atoms with Gasteiger partial charge in [-0.1, -0.05) is 6.07 Å². The van der Waals surface area contributed by atoms with Crippen LogP contribution in [0.2, 0.25) is 0 Å². The van der Waals surface area contributed by atoms with Crippen LogP contribution in [0.1, 0.15) is 0 Å². The van der Waals surface area contributed by atoms with Crippen LogP contribution in [0, 0.1) is 8.91 Å². The van der Waals surface area contributed by atoms with Gasteiger partial charge < -0.3 is 9.94 Å². The number of pyridine rings is 2. The van der Waals surface area contributed by atoms with Crippen molar-refractivity contribution in [2.75, 3.05) is 7.11 Å². The predicted molar refractivity (Wildman–Crippen MR) is 67.9 cm³/mol. The summed E-state index contributed by atoms with van der Waals surface area (Å²) < 4.78 is 6.52. The Balaban J connectivity index is 2.60. The highest BCUT2D eigenvalue weighted by molar-refractivity contribution is 14.1. The fraction of sp³-hybridized carbons (Fsp3) is 0.0909. The number of ether oxygens (including phenoxy) is 1. The second kappa shape index (κ2) is 4.65. The summed E-state index contributed by atoms with van der Waals surface area (Å²) in [4.78, 5) is 4.15. The van der Waals surface area contributed by atoms with Crippen LogP contribution in [0.3, 0.4) is 0 Å². The van der Waals surface area contributed by atoms with Crippen LogP contribution < -0.4 is 9.47 Å². The lowest BCUT2D eigenvalue weighted by Crippen LogP contribution is -2.33. The van der Waals surface area contributed by atoms with Crippen LogP contribution in [0.15, 0.2) is 36.5 Å². The predicted octanol–water partition coefficient (Wildman–Crippen LogP) is 2.00. The second-order valence-electron chi connectivity index (χ2n) is 3.11. The van der Waals surface area contributed by atoms with Crippen molar-refractivity contribution in [3.05, 3.63) is 45.4 Å². The largest absolute Gasteiger partial charge is 0.617 e. The average Bonchev–Trinajstić information content (AvgIpc) is 2.33. The Hall–Kier alpha value is -1.37. The van der Waals surface area contributed by atoms with E-state index in [0.29, 0.717) is 20.8 Å². The maximum absolute atomic E-state index is 11.9. The molecule has 0 N–H and O–H groups in total. The first-order valence-corrected chi connectivity index (χ1v) is 5.69.